The van der Waals surface area contributed by atoms with Crippen LogP contribution >= 0.6 is 0 Å². The molecule has 1 saturated heterocycles. The molecule has 0 N–H and O–H groups in total. The summed E-state index contributed by atoms with van der Waals surface area (Å²) < 4.78 is 5.47. The first-order chi connectivity index (χ1) is 5.42. The Balaban J connectivity index is 1.91. The summed E-state index contributed by atoms with van der Waals surface area (Å²) in [6.07, 6.45) is 2.87. The van der Waals surface area contributed by atoms with Crippen molar-refractivity contribution < 1.29 is 4.74 Å². The SMILES string of the molecule is CCN1CCOCC1C1CC1. The van der Waals surface area contributed by atoms with Crippen LogP contribution in [0.5, 0.6) is 0 Å². The van der Waals surface area contributed by atoms with Crippen molar-refractivity contribution in [1.29, 1.82) is 0 Å². The summed E-state index contributed by atoms with van der Waals surface area (Å²) in [6.45, 7) is 6.53. The smallest absolute Gasteiger partial charge is 0.0625 e. The third-order valence-electron chi connectivity index (χ3n) is 2.85. The second-order valence-electron chi connectivity index (χ2n) is 3.61. The van der Waals surface area contributed by atoms with Gasteiger partial charge < -0.3 is 4.74 Å². The maximum Gasteiger partial charge on any atom is 0.0625 e. The Morgan fingerprint density at radius 2 is 2.27 bits per heavy atom. The van der Waals surface area contributed by atoms with Gasteiger partial charge in [-0.05, 0) is 25.3 Å². The normalized spacial score (nSPS) is 34.1. The van der Waals surface area contributed by atoms with Crippen LogP contribution in [-0.2, 0) is 4.74 Å². The molecule has 2 fully saturated rings. The number of morpholine rings is 1. The molecule has 1 aliphatic heterocycles. The third-order valence-corrected chi connectivity index (χ3v) is 2.85. The summed E-state index contributed by atoms with van der Waals surface area (Å²) in [5.74, 6) is 0.968. The van der Waals surface area contributed by atoms with Gasteiger partial charge in [-0.1, -0.05) is 6.92 Å². The monoisotopic (exact) mass is 155 g/mol. The molecule has 0 spiro atoms. The van der Waals surface area contributed by atoms with Crippen molar-refractivity contribution in [3.05, 3.63) is 0 Å². The van der Waals surface area contributed by atoms with Crippen molar-refractivity contribution >= 4 is 0 Å². The van der Waals surface area contributed by atoms with Gasteiger partial charge in [0.1, 0.15) is 0 Å². The topological polar surface area (TPSA) is 12.5 Å². The fourth-order valence-electron chi connectivity index (χ4n) is 1.96. The van der Waals surface area contributed by atoms with E-state index >= 15 is 0 Å². The minimum absolute atomic E-state index is 0.758. The van der Waals surface area contributed by atoms with Crippen molar-refractivity contribution in [1.82, 2.24) is 4.90 Å². The largest absolute Gasteiger partial charge is 0.378 e. The van der Waals surface area contributed by atoms with E-state index in [1.807, 2.05) is 0 Å². The van der Waals surface area contributed by atoms with E-state index in [2.05, 4.69) is 11.8 Å². The summed E-state index contributed by atoms with van der Waals surface area (Å²) in [6, 6.07) is 0.758. The molecule has 2 nitrogen and oxygen atoms in total. The molecule has 1 aliphatic carbocycles. The van der Waals surface area contributed by atoms with Crippen molar-refractivity contribution in [3.8, 4) is 0 Å². The van der Waals surface area contributed by atoms with E-state index in [1.54, 1.807) is 0 Å². The third kappa shape index (κ3) is 1.57. The van der Waals surface area contributed by atoms with Gasteiger partial charge in [0, 0.05) is 12.6 Å². The van der Waals surface area contributed by atoms with E-state index in [4.69, 9.17) is 4.74 Å². The van der Waals surface area contributed by atoms with Crippen LogP contribution in [0, 0.1) is 5.92 Å². The first kappa shape index (κ1) is 7.56. The Morgan fingerprint density at radius 3 is 2.91 bits per heavy atom. The quantitative estimate of drug-likeness (QED) is 0.592. The molecule has 0 aromatic heterocycles. The lowest BCUT2D eigenvalue weighted by Gasteiger charge is -2.34. The van der Waals surface area contributed by atoms with Crippen LogP contribution in [0.15, 0.2) is 0 Å². The summed E-state index contributed by atoms with van der Waals surface area (Å²) in [7, 11) is 0. The highest BCUT2D eigenvalue weighted by atomic mass is 16.5. The fraction of sp³-hybridized carbons (Fsp3) is 1.00. The molecule has 2 aliphatic rings. The van der Waals surface area contributed by atoms with Gasteiger partial charge in [-0.2, -0.15) is 0 Å². The van der Waals surface area contributed by atoms with E-state index in [1.165, 1.54) is 19.4 Å². The van der Waals surface area contributed by atoms with E-state index in [0.29, 0.717) is 0 Å². The minimum atomic E-state index is 0.758. The van der Waals surface area contributed by atoms with Gasteiger partial charge in [0.05, 0.1) is 13.2 Å². The lowest BCUT2D eigenvalue weighted by molar-refractivity contribution is -0.0129. The molecule has 0 aromatic rings. The average Bonchev–Trinajstić information content (AvgIpc) is 2.87. The van der Waals surface area contributed by atoms with Crippen LogP contribution in [-0.4, -0.2) is 37.2 Å². The Kier molecular flexibility index (Phi) is 2.14. The lowest BCUT2D eigenvalue weighted by Crippen LogP contribution is -2.46. The van der Waals surface area contributed by atoms with E-state index in [9.17, 15) is 0 Å². The summed E-state index contributed by atoms with van der Waals surface area (Å²) in [5.41, 5.74) is 0. The zero-order valence-electron chi connectivity index (χ0n) is 7.25. The molecule has 1 unspecified atom stereocenters. The molecule has 64 valence electrons. The van der Waals surface area contributed by atoms with E-state index in [-0.39, 0.29) is 0 Å². The van der Waals surface area contributed by atoms with Crippen LogP contribution in [0.3, 0.4) is 0 Å². The first-order valence-electron chi connectivity index (χ1n) is 4.73. The Bertz CT molecular complexity index is 134. The van der Waals surface area contributed by atoms with Crippen LogP contribution in [0.2, 0.25) is 0 Å². The summed E-state index contributed by atoms with van der Waals surface area (Å²) in [5, 5.41) is 0. The van der Waals surface area contributed by atoms with Gasteiger partial charge in [-0.15, -0.1) is 0 Å². The molecular weight excluding hydrogens is 138 g/mol. The van der Waals surface area contributed by atoms with Gasteiger partial charge >= 0.3 is 0 Å². The standard InChI is InChI=1S/C9H17NO/c1-2-10-5-6-11-7-9(10)8-3-4-8/h8-9H,2-7H2,1H3. The van der Waals surface area contributed by atoms with Crippen LogP contribution < -0.4 is 0 Å². The highest BCUT2D eigenvalue weighted by Crippen LogP contribution is 2.36. The number of hydrogen-bond donors (Lipinski definition) is 0. The van der Waals surface area contributed by atoms with Crippen molar-refractivity contribution in [2.45, 2.75) is 25.8 Å². The van der Waals surface area contributed by atoms with Gasteiger partial charge in [0.25, 0.3) is 0 Å². The predicted octanol–water partition coefficient (Wildman–Crippen LogP) is 1.12. The maximum atomic E-state index is 5.47. The Labute approximate surface area is 68.5 Å². The fourth-order valence-corrected chi connectivity index (χ4v) is 1.96. The highest BCUT2D eigenvalue weighted by Gasteiger charge is 2.36. The molecular formula is C9H17NO. The van der Waals surface area contributed by atoms with Gasteiger partial charge in [0.2, 0.25) is 0 Å². The van der Waals surface area contributed by atoms with Gasteiger partial charge in [0.15, 0.2) is 0 Å². The van der Waals surface area contributed by atoms with Crippen molar-refractivity contribution in [2.75, 3.05) is 26.3 Å². The zero-order valence-corrected chi connectivity index (χ0v) is 7.25. The van der Waals surface area contributed by atoms with Gasteiger partial charge in [-0.25, -0.2) is 0 Å². The summed E-state index contributed by atoms with van der Waals surface area (Å²) in [4.78, 5) is 2.57. The Hall–Kier alpha value is -0.0800. The molecule has 0 amide bonds. The zero-order chi connectivity index (χ0) is 7.68. The van der Waals surface area contributed by atoms with Crippen LogP contribution in [0.25, 0.3) is 0 Å². The number of rotatable bonds is 2. The molecule has 2 heteroatoms. The number of hydrogen-bond acceptors (Lipinski definition) is 2. The number of nitrogens with zero attached hydrogens (tertiary/aromatic N) is 1. The number of likely N-dealkylation sites (N-methyl/N-ethyl adjacent to an activating group) is 1. The van der Waals surface area contributed by atoms with Crippen molar-refractivity contribution in [3.63, 3.8) is 0 Å². The lowest BCUT2D eigenvalue weighted by atomic mass is 10.1. The molecule has 1 heterocycles. The number of ether oxygens (including phenoxy) is 1. The molecule has 1 atom stereocenters. The highest BCUT2D eigenvalue weighted by molar-refractivity contribution is 4.89. The molecule has 0 radical (unpaired) electrons. The van der Waals surface area contributed by atoms with E-state index in [0.717, 1.165) is 31.7 Å². The molecule has 0 aromatic carbocycles. The van der Waals surface area contributed by atoms with Crippen LogP contribution in [0.4, 0.5) is 0 Å². The maximum absolute atomic E-state index is 5.47. The summed E-state index contributed by atoms with van der Waals surface area (Å²) >= 11 is 0. The van der Waals surface area contributed by atoms with Crippen molar-refractivity contribution in [2.24, 2.45) is 5.92 Å². The van der Waals surface area contributed by atoms with E-state index < -0.39 is 0 Å². The van der Waals surface area contributed by atoms with Gasteiger partial charge in [-0.3, -0.25) is 4.90 Å². The predicted molar refractivity (Wildman–Crippen MR) is 44.6 cm³/mol. The molecule has 1 saturated carbocycles. The second-order valence-corrected chi connectivity index (χ2v) is 3.61. The molecule has 0 bridgehead atoms. The van der Waals surface area contributed by atoms with Crippen LogP contribution in [0.1, 0.15) is 19.8 Å². The first-order valence-corrected chi connectivity index (χ1v) is 4.73. The minimum Gasteiger partial charge on any atom is -0.378 e. The second kappa shape index (κ2) is 3.11. The molecule has 11 heavy (non-hydrogen) atoms. The Morgan fingerprint density at radius 1 is 1.45 bits per heavy atom. The molecule has 2 rings (SSSR count). The average molecular weight is 155 g/mol.